The Kier molecular flexibility index (Phi) is 4.69. The average molecular weight is 350 g/mol. The van der Waals surface area contributed by atoms with Gasteiger partial charge in [0, 0.05) is 6.54 Å². The quantitative estimate of drug-likeness (QED) is 0.615. The van der Waals surface area contributed by atoms with Crippen LogP contribution >= 0.6 is 0 Å². The third-order valence-electron chi connectivity index (χ3n) is 7.94. The number of rotatable bonds is 5. The van der Waals surface area contributed by atoms with Gasteiger partial charge in [0.15, 0.2) is 0 Å². The topological polar surface area (TPSA) is 3.24 Å². The predicted octanol–water partition coefficient (Wildman–Crippen LogP) is 6.16. The van der Waals surface area contributed by atoms with Crippen molar-refractivity contribution in [2.45, 2.75) is 64.2 Å². The third-order valence-corrected chi connectivity index (χ3v) is 7.94. The normalized spacial score (nSPS) is 37.2. The van der Waals surface area contributed by atoms with Gasteiger partial charge >= 0.3 is 0 Å². The standard InChI is InChI=1S/C25H35N/c1-3-8-23(9-4-1)24(10-7-13-26-11-5-2-6-12-26)25-17-20-14-21(18-25)16-22(15-20)19-25/h1,3-4,8-10,20-22H,2,5-7,11-19H2. The lowest BCUT2D eigenvalue weighted by molar-refractivity contribution is -0.0179. The van der Waals surface area contributed by atoms with Crippen LogP contribution in [0.2, 0.25) is 0 Å². The van der Waals surface area contributed by atoms with Crippen LogP contribution in [0.5, 0.6) is 0 Å². The van der Waals surface area contributed by atoms with Gasteiger partial charge < -0.3 is 4.90 Å². The highest BCUT2D eigenvalue weighted by atomic mass is 15.1. The fourth-order valence-corrected chi connectivity index (χ4v) is 7.27. The second-order valence-corrected chi connectivity index (χ2v) is 9.87. The molecule has 1 aliphatic heterocycles. The zero-order chi connectivity index (χ0) is 17.4. The van der Waals surface area contributed by atoms with Crippen LogP contribution < -0.4 is 0 Å². The fraction of sp³-hybridized carbons (Fsp3) is 0.680. The van der Waals surface area contributed by atoms with Gasteiger partial charge in [-0.25, -0.2) is 0 Å². The van der Waals surface area contributed by atoms with Crippen molar-refractivity contribution in [1.29, 1.82) is 0 Å². The molecule has 1 aromatic carbocycles. The van der Waals surface area contributed by atoms with Gasteiger partial charge in [-0.2, -0.15) is 0 Å². The summed E-state index contributed by atoms with van der Waals surface area (Å²) in [4.78, 5) is 2.70. The SMILES string of the molecule is C(CCN1CCCCC1)=C(c1ccccc1)C12CC3CC(CC(C3)C1)C2. The Morgan fingerprint density at radius 3 is 2.12 bits per heavy atom. The molecular formula is C25H35N. The maximum Gasteiger partial charge on any atom is 0.00161 e. The molecule has 1 saturated heterocycles. The van der Waals surface area contributed by atoms with Crippen molar-refractivity contribution in [3.05, 3.63) is 42.0 Å². The van der Waals surface area contributed by atoms with Gasteiger partial charge in [-0.05, 0) is 105 Å². The van der Waals surface area contributed by atoms with E-state index in [2.05, 4.69) is 41.3 Å². The van der Waals surface area contributed by atoms with Crippen LogP contribution in [-0.2, 0) is 0 Å². The number of piperidine rings is 1. The van der Waals surface area contributed by atoms with Gasteiger partial charge in [0.1, 0.15) is 0 Å². The van der Waals surface area contributed by atoms with Gasteiger partial charge in [-0.3, -0.25) is 0 Å². The van der Waals surface area contributed by atoms with Crippen molar-refractivity contribution >= 4 is 5.57 Å². The fourth-order valence-electron chi connectivity index (χ4n) is 7.27. The molecular weight excluding hydrogens is 314 g/mol. The van der Waals surface area contributed by atoms with Crippen molar-refractivity contribution in [3.8, 4) is 0 Å². The van der Waals surface area contributed by atoms with E-state index in [1.54, 1.807) is 5.57 Å². The second-order valence-electron chi connectivity index (χ2n) is 9.87. The summed E-state index contributed by atoms with van der Waals surface area (Å²) in [5, 5.41) is 0. The van der Waals surface area contributed by atoms with Crippen molar-refractivity contribution in [2.24, 2.45) is 23.2 Å². The van der Waals surface area contributed by atoms with E-state index in [1.807, 2.05) is 0 Å². The van der Waals surface area contributed by atoms with Crippen LogP contribution in [0.1, 0.15) is 69.8 Å². The molecule has 0 atom stereocenters. The summed E-state index contributed by atoms with van der Waals surface area (Å²) in [6.45, 7) is 3.92. The minimum absolute atomic E-state index is 0.512. The molecule has 0 radical (unpaired) electrons. The summed E-state index contributed by atoms with van der Waals surface area (Å²) in [7, 11) is 0. The molecule has 0 unspecified atom stereocenters. The molecule has 5 fully saturated rings. The van der Waals surface area contributed by atoms with E-state index in [1.165, 1.54) is 89.4 Å². The number of allylic oxidation sites excluding steroid dienone is 1. The van der Waals surface area contributed by atoms with Gasteiger partial charge in [0.2, 0.25) is 0 Å². The highest BCUT2D eigenvalue weighted by Crippen LogP contribution is 2.64. The highest BCUT2D eigenvalue weighted by Gasteiger charge is 2.52. The highest BCUT2D eigenvalue weighted by molar-refractivity contribution is 5.71. The summed E-state index contributed by atoms with van der Waals surface area (Å²) in [5.41, 5.74) is 3.76. The van der Waals surface area contributed by atoms with Crippen LogP contribution in [0.4, 0.5) is 0 Å². The van der Waals surface area contributed by atoms with Crippen molar-refractivity contribution in [3.63, 3.8) is 0 Å². The first-order chi connectivity index (χ1) is 12.8. The Balaban J connectivity index is 1.40. The van der Waals surface area contributed by atoms with Gasteiger partial charge in [0.25, 0.3) is 0 Å². The molecule has 4 saturated carbocycles. The smallest absolute Gasteiger partial charge is 0.00161 e. The molecule has 26 heavy (non-hydrogen) atoms. The predicted molar refractivity (Wildman–Crippen MR) is 110 cm³/mol. The van der Waals surface area contributed by atoms with E-state index in [0.29, 0.717) is 5.41 Å². The monoisotopic (exact) mass is 349 g/mol. The maximum atomic E-state index is 2.70. The first-order valence-corrected chi connectivity index (χ1v) is 11.3. The Hall–Kier alpha value is -1.08. The third kappa shape index (κ3) is 3.28. The molecule has 140 valence electrons. The molecule has 6 rings (SSSR count). The van der Waals surface area contributed by atoms with Crippen LogP contribution in [0.25, 0.3) is 5.57 Å². The van der Waals surface area contributed by atoms with Crippen LogP contribution in [0, 0.1) is 23.2 Å². The minimum Gasteiger partial charge on any atom is -0.303 e. The largest absolute Gasteiger partial charge is 0.303 e. The first kappa shape index (κ1) is 17.0. The van der Waals surface area contributed by atoms with Crippen molar-refractivity contribution in [2.75, 3.05) is 19.6 Å². The molecule has 1 aromatic rings. The lowest BCUT2D eigenvalue weighted by Gasteiger charge is -2.58. The zero-order valence-electron chi connectivity index (χ0n) is 16.3. The van der Waals surface area contributed by atoms with Gasteiger partial charge in [-0.15, -0.1) is 0 Å². The lowest BCUT2D eigenvalue weighted by atomic mass is 9.47. The number of benzene rings is 1. The summed E-state index contributed by atoms with van der Waals surface area (Å²) >= 11 is 0. The molecule has 5 aliphatic rings. The Labute approximate surface area is 159 Å². The van der Waals surface area contributed by atoms with E-state index < -0.39 is 0 Å². The number of likely N-dealkylation sites (tertiary alicyclic amines) is 1. The lowest BCUT2D eigenvalue weighted by Crippen LogP contribution is -2.46. The number of nitrogens with zero attached hydrogens (tertiary/aromatic N) is 1. The maximum absolute atomic E-state index is 2.70. The zero-order valence-corrected chi connectivity index (χ0v) is 16.3. The molecule has 0 aromatic heterocycles. The van der Waals surface area contributed by atoms with E-state index in [4.69, 9.17) is 0 Å². The Bertz CT molecular complexity index is 602. The van der Waals surface area contributed by atoms with Crippen LogP contribution in [0.3, 0.4) is 0 Å². The second kappa shape index (κ2) is 7.15. The first-order valence-electron chi connectivity index (χ1n) is 11.3. The summed E-state index contributed by atoms with van der Waals surface area (Å²) < 4.78 is 0. The molecule has 4 bridgehead atoms. The van der Waals surface area contributed by atoms with Crippen molar-refractivity contribution in [1.82, 2.24) is 4.90 Å². The number of hydrogen-bond donors (Lipinski definition) is 0. The molecule has 0 spiro atoms. The summed E-state index contributed by atoms with van der Waals surface area (Å²) in [5.74, 6) is 3.07. The van der Waals surface area contributed by atoms with E-state index >= 15 is 0 Å². The molecule has 1 heteroatoms. The molecule has 1 nitrogen and oxygen atoms in total. The van der Waals surface area contributed by atoms with Crippen LogP contribution in [0.15, 0.2) is 36.4 Å². The molecule has 1 heterocycles. The Morgan fingerprint density at radius 1 is 0.885 bits per heavy atom. The molecule has 0 amide bonds. The van der Waals surface area contributed by atoms with E-state index in [-0.39, 0.29) is 0 Å². The van der Waals surface area contributed by atoms with Gasteiger partial charge in [0.05, 0.1) is 0 Å². The van der Waals surface area contributed by atoms with Crippen LogP contribution in [-0.4, -0.2) is 24.5 Å². The van der Waals surface area contributed by atoms with E-state index in [0.717, 1.165) is 17.8 Å². The number of hydrogen-bond acceptors (Lipinski definition) is 1. The van der Waals surface area contributed by atoms with E-state index in [9.17, 15) is 0 Å². The van der Waals surface area contributed by atoms with Gasteiger partial charge in [-0.1, -0.05) is 42.8 Å². The summed E-state index contributed by atoms with van der Waals surface area (Å²) in [6, 6.07) is 11.4. The van der Waals surface area contributed by atoms with Crippen molar-refractivity contribution < 1.29 is 0 Å². The minimum atomic E-state index is 0.512. The molecule has 4 aliphatic carbocycles. The molecule has 0 N–H and O–H groups in total. The summed E-state index contributed by atoms with van der Waals surface area (Å²) in [6.07, 6.45) is 17.2. The average Bonchev–Trinajstić information content (AvgIpc) is 2.65. The Morgan fingerprint density at radius 2 is 1.50 bits per heavy atom.